The Morgan fingerprint density at radius 1 is 1.21 bits per heavy atom. The van der Waals surface area contributed by atoms with E-state index in [-0.39, 0.29) is 5.69 Å². The Kier molecular flexibility index (Phi) is 4.30. The van der Waals surface area contributed by atoms with E-state index >= 15 is 0 Å². The number of likely N-dealkylation sites (tertiary alicyclic amines) is 1. The Labute approximate surface area is 173 Å². The van der Waals surface area contributed by atoms with Crippen LogP contribution >= 0.6 is 11.6 Å². The van der Waals surface area contributed by atoms with Gasteiger partial charge in [-0.25, -0.2) is 14.4 Å². The molecule has 2 heterocycles. The topological polar surface area (TPSA) is 67.1 Å². The maximum Gasteiger partial charge on any atom is 0.146 e. The predicted octanol–water partition coefficient (Wildman–Crippen LogP) is 3.91. The van der Waals surface area contributed by atoms with Crippen LogP contribution in [0.2, 0.25) is 5.02 Å². The van der Waals surface area contributed by atoms with Crippen molar-refractivity contribution in [3.05, 3.63) is 53.1 Å². The van der Waals surface area contributed by atoms with Crippen molar-refractivity contribution in [1.29, 1.82) is 0 Å². The lowest BCUT2D eigenvalue weighted by molar-refractivity contribution is 0.360. The van der Waals surface area contributed by atoms with Gasteiger partial charge in [-0.3, -0.25) is 0 Å². The number of nitrogens with zero attached hydrogens (tertiary/aromatic N) is 3. The van der Waals surface area contributed by atoms with Crippen LogP contribution in [0.3, 0.4) is 0 Å². The molecular weight excluding hydrogens is 389 g/mol. The number of benzene rings is 2. The fraction of sp³-hybridized carbons (Fsp3) is 0.273. The predicted molar refractivity (Wildman–Crippen MR) is 113 cm³/mol. The Bertz CT molecular complexity index is 1170. The highest BCUT2D eigenvalue weighted by Gasteiger charge is 2.53. The van der Waals surface area contributed by atoms with Crippen LogP contribution in [0.1, 0.15) is 5.56 Å². The molecule has 2 fully saturated rings. The van der Waals surface area contributed by atoms with Crippen LogP contribution in [-0.4, -0.2) is 35.0 Å². The summed E-state index contributed by atoms with van der Waals surface area (Å²) in [5, 5.41) is 4.11. The van der Waals surface area contributed by atoms with Gasteiger partial charge in [0.05, 0.1) is 11.2 Å². The van der Waals surface area contributed by atoms with E-state index in [4.69, 9.17) is 17.3 Å². The summed E-state index contributed by atoms with van der Waals surface area (Å²) in [5.74, 6) is 8.53. The molecule has 0 radical (unpaired) electrons. The van der Waals surface area contributed by atoms with Crippen molar-refractivity contribution < 1.29 is 4.39 Å². The Balaban J connectivity index is 1.45. The van der Waals surface area contributed by atoms with E-state index in [1.165, 1.54) is 24.5 Å². The van der Waals surface area contributed by atoms with Gasteiger partial charge in [0.25, 0.3) is 0 Å². The van der Waals surface area contributed by atoms with Crippen LogP contribution in [-0.2, 0) is 0 Å². The normalized spacial score (nSPS) is 22.8. The van der Waals surface area contributed by atoms with Gasteiger partial charge in [0, 0.05) is 40.7 Å². The summed E-state index contributed by atoms with van der Waals surface area (Å²) in [6, 6.07) is 7.96. The number of fused-ring (bicyclic) bond motifs is 2. The Morgan fingerprint density at radius 2 is 2.00 bits per heavy atom. The second-order valence-corrected chi connectivity index (χ2v) is 8.21. The minimum absolute atomic E-state index is 0.241. The molecule has 1 unspecified atom stereocenters. The maximum absolute atomic E-state index is 14.1. The van der Waals surface area contributed by atoms with Gasteiger partial charge in [-0.05, 0) is 49.2 Å². The maximum atomic E-state index is 14.1. The van der Waals surface area contributed by atoms with Crippen LogP contribution in [0.25, 0.3) is 10.9 Å². The number of piperidine rings is 1. The van der Waals surface area contributed by atoms with Crippen LogP contribution in [0.5, 0.6) is 0 Å². The van der Waals surface area contributed by atoms with Crippen molar-refractivity contribution in [2.75, 3.05) is 31.2 Å². The Hall–Kier alpha value is -2.88. The minimum atomic E-state index is -0.419. The van der Waals surface area contributed by atoms with E-state index in [1.807, 2.05) is 6.07 Å². The first-order chi connectivity index (χ1) is 14.0. The van der Waals surface area contributed by atoms with E-state index in [2.05, 4.69) is 39.1 Å². The average molecular weight is 408 g/mol. The number of aromatic nitrogens is 2. The summed E-state index contributed by atoms with van der Waals surface area (Å²) in [5.41, 5.74) is 8.50. The highest BCUT2D eigenvalue weighted by atomic mass is 35.5. The van der Waals surface area contributed by atoms with Gasteiger partial charge in [-0.1, -0.05) is 23.4 Å². The molecule has 0 bridgehead atoms. The quantitative estimate of drug-likeness (QED) is 0.498. The molecule has 1 aromatic heterocycles. The first-order valence-electron chi connectivity index (χ1n) is 9.46. The molecule has 1 aliphatic heterocycles. The Morgan fingerprint density at radius 3 is 2.79 bits per heavy atom. The number of nitrogen functional groups attached to an aromatic ring is 1. The molecule has 146 valence electrons. The second kappa shape index (κ2) is 6.87. The molecule has 3 atom stereocenters. The zero-order valence-electron chi connectivity index (χ0n) is 15.8. The third-order valence-corrected chi connectivity index (χ3v) is 5.97. The SMILES string of the molecule is CN1C[C@@H]2C(C#Cc3cc4ncnc(Nc5cc(Cl)ccc5F)c4cc3N)[C@@H]2C1. The van der Waals surface area contributed by atoms with Crippen molar-refractivity contribution >= 4 is 39.7 Å². The summed E-state index contributed by atoms with van der Waals surface area (Å²) in [6.07, 6.45) is 1.43. The molecule has 1 saturated carbocycles. The molecule has 7 heteroatoms. The van der Waals surface area contributed by atoms with E-state index < -0.39 is 5.82 Å². The average Bonchev–Trinajstić information content (AvgIpc) is 3.15. The van der Waals surface area contributed by atoms with Crippen molar-refractivity contribution in [1.82, 2.24) is 14.9 Å². The number of halogens is 2. The lowest BCUT2D eigenvalue weighted by atomic mass is 10.1. The van der Waals surface area contributed by atoms with Gasteiger partial charge >= 0.3 is 0 Å². The smallest absolute Gasteiger partial charge is 0.146 e. The van der Waals surface area contributed by atoms with Gasteiger partial charge in [0.1, 0.15) is 18.0 Å². The molecule has 1 saturated heterocycles. The number of nitrogens with one attached hydrogen (secondary N) is 1. The fourth-order valence-electron chi connectivity index (χ4n) is 4.16. The van der Waals surface area contributed by atoms with E-state index in [0.29, 0.717) is 45.2 Å². The van der Waals surface area contributed by atoms with Gasteiger partial charge in [-0.2, -0.15) is 0 Å². The number of anilines is 3. The van der Waals surface area contributed by atoms with Crippen LogP contribution in [0.4, 0.5) is 21.6 Å². The minimum Gasteiger partial charge on any atom is -0.398 e. The van der Waals surface area contributed by atoms with Crippen molar-refractivity contribution in [3.8, 4) is 11.8 Å². The van der Waals surface area contributed by atoms with E-state index in [1.54, 1.807) is 6.07 Å². The van der Waals surface area contributed by atoms with Crippen molar-refractivity contribution in [3.63, 3.8) is 0 Å². The van der Waals surface area contributed by atoms with E-state index in [0.717, 1.165) is 18.7 Å². The molecule has 2 aliphatic rings. The third kappa shape index (κ3) is 3.37. The van der Waals surface area contributed by atoms with Crippen molar-refractivity contribution in [2.24, 2.45) is 17.8 Å². The molecule has 5 rings (SSSR count). The number of hydrogen-bond donors (Lipinski definition) is 2. The highest BCUT2D eigenvalue weighted by Crippen LogP contribution is 2.50. The highest BCUT2D eigenvalue weighted by molar-refractivity contribution is 6.30. The fourth-order valence-corrected chi connectivity index (χ4v) is 4.33. The lowest BCUT2D eigenvalue weighted by Crippen LogP contribution is -2.18. The van der Waals surface area contributed by atoms with Gasteiger partial charge in [0.15, 0.2) is 0 Å². The zero-order chi connectivity index (χ0) is 20.1. The van der Waals surface area contributed by atoms with Crippen LogP contribution < -0.4 is 11.1 Å². The molecular formula is C22H19ClFN5. The van der Waals surface area contributed by atoms with Crippen molar-refractivity contribution in [2.45, 2.75) is 0 Å². The molecule has 0 spiro atoms. The van der Waals surface area contributed by atoms with Gasteiger partial charge < -0.3 is 16.0 Å². The summed E-state index contributed by atoms with van der Waals surface area (Å²) >= 11 is 5.98. The first-order valence-corrected chi connectivity index (χ1v) is 9.84. The summed E-state index contributed by atoms with van der Waals surface area (Å²) < 4.78 is 14.1. The third-order valence-electron chi connectivity index (χ3n) is 5.74. The zero-order valence-corrected chi connectivity index (χ0v) is 16.5. The van der Waals surface area contributed by atoms with Crippen LogP contribution in [0, 0.1) is 35.4 Å². The number of rotatable bonds is 2. The molecule has 3 N–H and O–H groups in total. The van der Waals surface area contributed by atoms with Crippen LogP contribution in [0.15, 0.2) is 36.7 Å². The van der Waals surface area contributed by atoms with E-state index in [9.17, 15) is 4.39 Å². The summed E-state index contributed by atoms with van der Waals surface area (Å²) in [4.78, 5) is 10.9. The molecule has 1 aliphatic carbocycles. The molecule has 2 aromatic carbocycles. The molecule has 0 amide bonds. The summed E-state index contributed by atoms with van der Waals surface area (Å²) in [6.45, 7) is 2.25. The molecule has 3 aromatic rings. The molecule has 29 heavy (non-hydrogen) atoms. The number of hydrogen-bond acceptors (Lipinski definition) is 5. The van der Waals surface area contributed by atoms with Gasteiger partial charge in [0.2, 0.25) is 0 Å². The number of nitrogens with two attached hydrogens (primary N) is 1. The standard InChI is InChI=1S/C22H19ClFN5/c1-29-9-16-14(17(16)10-29)4-2-12-6-20-15(8-19(12)25)22(27-11-26-20)28-21-7-13(23)3-5-18(21)24/h3,5-8,11,14,16-17H,9-10,25H2,1H3,(H,26,27,28)/t14?,16-,17+. The monoisotopic (exact) mass is 407 g/mol. The summed E-state index contributed by atoms with van der Waals surface area (Å²) in [7, 11) is 2.15. The lowest BCUT2D eigenvalue weighted by Gasteiger charge is -2.11. The van der Waals surface area contributed by atoms with Gasteiger partial charge in [-0.15, -0.1) is 0 Å². The first kappa shape index (κ1) is 18.2. The largest absolute Gasteiger partial charge is 0.398 e. The second-order valence-electron chi connectivity index (χ2n) is 7.77. The molecule has 5 nitrogen and oxygen atoms in total.